The highest BCUT2D eigenvalue weighted by molar-refractivity contribution is 5.85. The minimum atomic E-state index is -0.199. The van der Waals surface area contributed by atoms with E-state index >= 15 is 0 Å². The molecule has 0 bridgehead atoms. The fraction of sp³-hybridized carbons (Fsp3) is 0.963. The van der Waals surface area contributed by atoms with Crippen molar-refractivity contribution in [2.45, 2.75) is 110 Å². The second-order valence-electron chi connectivity index (χ2n) is 12.7. The van der Waals surface area contributed by atoms with E-state index in [1.807, 2.05) is 6.92 Å². The monoisotopic (exact) mass is 467 g/mol. The molecule has 184 valence electrons. The van der Waals surface area contributed by atoms with E-state index in [-0.39, 0.29) is 42.2 Å². The average Bonchev–Trinajstić information content (AvgIpc) is 3.05. The van der Waals surface area contributed by atoms with Gasteiger partial charge in [0.05, 0.1) is 18.3 Å². The summed E-state index contributed by atoms with van der Waals surface area (Å²) in [5, 5.41) is 11.2. The van der Waals surface area contributed by atoms with Crippen molar-refractivity contribution in [3.63, 3.8) is 0 Å². The minimum absolute atomic E-state index is 0. The number of hydrogen-bond donors (Lipinski definition) is 1. The number of ether oxygens (including phenoxy) is 1. The van der Waals surface area contributed by atoms with Crippen molar-refractivity contribution >= 4 is 18.2 Å². The lowest BCUT2D eigenvalue weighted by molar-refractivity contribution is -0.166. The van der Waals surface area contributed by atoms with Gasteiger partial charge in [0.2, 0.25) is 0 Å². The Morgan fingerprint density at radius 2 is 1.62 bits per heavy atom. The number of fused-ring (bicyclic) bond motifs is 5. The van der Waals surface area contributed by atoms with E-state index in [1.54, 1.807) is 0 Å². The SMILES string of the molecule is CC(=O)[C@H]1CC[C@H]2[C@@H]3CCC4CC(O)C(N5CC(C)OC(C)C5)C[C@]4(C)[C@H]3CC[C@]12C.Cl. The molecule has 5 rings (SSSR count). The Kier molecular flexibility index (Phi) is 6.87. The first-order chi connectivity index (χ1) is 14.6. The molecule has 5 fully saturated rings. The third kappa shape index (κ3) is 3.80. The van der Waals surface area contributed by atoms with Crippen LogP contribution < -0.4 is 0 Å². The second kappa shape index (κ2) is 8.81. The fourth-order valence-electron chi connectivity index (χ4n) is 9.80. The molecule has 0 radical (unpaired) electrons. The molecule has 1 saturated heterocycles. The average molecular weight is 468 g/mol. The maximum Gasteiger partial charge on any atom is 0.133 e. The number of ketones is 1. The summed E-state index contributed by atoms with van der Waals surface area (Å²) in [5.41, 5.74) is 0.562. The zero-order chi connectivity index (χ0) is 22.1. The highest BCUT2D eigenvalue weighted by atomic mass is 35.5. The highest BCUT2D eigenvalue weighted by Crippen LogP contribution is 2.67. The van der Waals surface area contributed by atoms with E-state index in [2.05, 4.69) is 32.6 Å². The Bertz CT molecular complexity index is 707. The summed E-state index contributed by atoms with van der Waals surface area (Å²) >= 11 is 0. The molecule has 4 saturated carbocycles. The molecule has 1 N–H and O–H groups in total. The van der Waals surface area contributed by atoms with Crippen LogP contribution in [0.2, 0.25) is 0 Å². The summed E-state index contributed by atoms with van der Waals surface area (Å²) in [4.78, 5) is 15.0. The van der Waals surface area contributed by atoms with Crippen LogP contribution in [0, 0.1) is 40.4 Å². The Hall–Kier alpha value is -0.160. The molecule has 0 aromatic rings. The Morgan fingerprint density at radius 3 is 2.28 bits per heavy atom. The van der Waals surface area contributed by atoms with Gasteiger partial charge in [0.25, 0.3) is 0 Å². The first kappa shape index (κ1) is 24.9. The summed E-state index contributed by atoms with van der Waals surface area (Å²) in [6.45, 7) is 13.1. The molecule has 5 aliphatic rings. The van der Waals surface area contributed by atoms with Crippen molar-refractivity contribution in [3.8, 4) is 0 Å². The number of nitrogens with zero attached hydrogens (tertiary/aromatic N) is 1. The quantitative estimate of drug-likeness (QED) is 0.613. The Labute approximate surface area is 201 Å². The molecular formula is C27H46ClNO3. The zero-order valence-corrected chi connectivity index (χ0v) is 21.7. The molecular weight excluding hydrogens is 422 g/mol. The van der Waals surface area contributed by atoms with Crippen molar-refractivity contribution in [2.24, 2.45) is 40.4 Å². The van der Waals surface area contributed by atoms with Gasteiger partial charge in [-0.25, -0.2) is 0 Å². The number of aliphatic hydroxyl groups excluding tert-OH is 1. The number of hydrogen-bond acceptors (Lipinski definition) is 4. The number of Topliss-reactive ketones (excluding diaryl/α,β-unsaturated/α-hetero) is 1. The van der Waals surface area contributed by atoms with Gasteiger partial charge >= 0.3 is 0 Å². The minimum Gasteiger partial charge on any atom is -0.391 e. The summed E-state index contributed by atoms with van der Waals surface area (Å²) in [5.74, 6) is 3.65. The van der Waals surface area contributed by atoms with E-state index in [4.69, 9.17) is 4.74 Å². The Morgan fingerprint density at radius 1 is 0.969 bits per heavy atom. The molecule has 4 aliphatic carbocycles. The molecule has 0 amide bonds. The van der Waals surface area contributed by atoms with Gasteiger partial charge in [-0.2, -0.15) is 0 Å². The van der Waals surface area contributed by atoms with Crippen molar-refractivity contribution in [1.29, 1.82) is 0 Å². The van der Waals surface area contributed by atoms with Gasteiger partial charge in [-0.1, -0.05) is 13.8 Å². The molecule has 0 spiro atoms. The smallest absolute Gasteiger partial charge is 0.133 e. The predicted octanol–water partition coefficient (Wildman–Crippen LogP) is 5.10. The molecule has 4 nitrogen and oxygen atoms in total. The Balaban J connectivity index is 0.00000245. The highest BCUT2D eigenvalue weighted by Gasteiger charge is 2.62. The number of carbonyl (C=O) groups excluding carboxylic acids is 1. The lowest BCUT2D eigenvalue weighted by Gasteiger charge is -2.62. The lowest BCUT2D eigenvalue weighted by Crippen LogP contribution is -2.62. The number of morpholine rings is 1. The van der Waals surface area contributed by atoms with Crippen LogP contribution in [0.3, 0.4) is 0 Å². The molecule has 32 heavy (non-hydrogen) atoms. The van der Waals surface area contributed by atoms with E-state index in [9.17, 15) is 9.90 Å². The van der Waals surface area contributed by atoms with Gasteiger partial charge in [-0.05, 0) is 107 Å². The van der Waals surface area contributed by atoms with E-state index in [0.29, 0.717) is 23.0 Å². The standard InChI is InChI=1S/C27H45NO3.ClH/c1-16-14-28(15-17(2)31-16)24-13-27(5)19(12-25(24)30)6-7-20-22-9-8-21(18(3)29)26(22,4)11-10-23(20)27;/h16-17,19-25,30H,6-15H2,1-5H3;1H/t16?,17?,19?,20-,21+,22-,23-,24?,25?,26+,27-;/m0./s1. The second-order valence-corrected chi connectivity index (χ2v) is 12.7. The van der Waals surface area contributed by atoms with Crippen LogP contribution in [0.25, 0.3) is 0 Å². The fourth-order valence-corrected chi connectivity index (χ4v) is 9.80. The van der Waals surface area contributed by atoms with Gasteiger partial charge < -0.3 is 9.84 Å². The van der Waals surface area contributed by atoms with Gasteiger partial charge in [0.15, 0.2) is 0 Å². The van der Waals surface area contributed by atoms with Crippen molar-refractivity contribution in [2.75, 3.05) is 13.1 Å². The van der Waals surface area contributed by atoms with Crippen LogP contribution in [0.1, 0.15) is 86.0 Å². The predicted molar refractivity (Wildman–Crippen MR) is 130 cm³/mol. The number of halogens is 1. The number of aliphatic hydroxyl groups is 1. The molecule has 0 aromatic heterocycles. The topological polar surface area (TPSA) is 49.8 Å². The molecule has 11 atom stereocenters. The van der Waals surface area contributed by atoms with Crippen LogP contribution in [-0.4, -0.2) is 53.2 Å². The maximum absolute atomic E-state index is 12.4. The first-order valence-electron chi connectivity index (χ1n) is 13.2. The molecule has 1 heterocycles. The van der Waals surface area contributed by atoms with Crippen molar-refractivity contribution in [1.82, 2.24) is 4.90 Å². The van der Waals surface area contributed by atoms with Gasteiger partial charge in [0, 0.05) is 25.0 Å². The summed E-state index contributed by atoms with van der Waals surface area (Å²) in [7, 11) is 0. The molecule has 0 aromatic carbocycles. The zero-order valence-electron chi connectivity index (χ0n) is 20.9. The van der Waals surface area contributed by atoms with Gasteiger partial charge in [0.1, 0.15) is 5.78 Å². The van der Waals surface area contributed by atoms with Crippen molar-refractivity contribution in [3.05, 3.63) is 0 Å². The number of carbonyl (C=O) groups is 1. The van der Waals surface area contributed by atoms with Crippen LogP contribution in [0.5, 0.6) is 0 Å². The molecule has 5 unspecified atom stereocenters. The van der Waals surface area contributed by atoms with Gasteiger partial charge in [-0.15, -0.1) is 12.4 Å². The number of rotatable bonds is 2. The third-order valence-corrected chi connectivity index (χ3v) is 11.1. The maximum atomic E-state index is 12.4. The van der Waals surface area contributed by atoms with Crippen molar-refractivity contribution < 1.29 is 14.6 Å². The largest absolute Gasteiger partial charge is 0.391 e. The van der Waals surface area contributed by atoms with Crippen LogP contribution >= 0.6 is 12.4 Å². The normalized spacial score (nSPS) is 53.5. The van der Waals surface area contributed by atoms with E-state index in [1.165, 1.54) is 32.1 Å². The summed E-state index contributed by atoms with van der Waals surface area (Å²) in [6.07, 6.45) is 9.88. The molecule has 1 aliphatic heterocycles. The lowest BCUT2D eigenvalue weighted by atomic mass is 9.44. The third-order valence-electron chi connectivity index (χ3n) is 11.1. The van der Waals surface area contributed by atoms with E-state index in [0.717, 1.165) is 50.1 Å². The van der Waals surface area contributed by atoms with Crippen LogP contribution in [0.4, 0.5) is 0 Å². The first-order valence-corrected chi connectivity index (χ1v) is 13.2. The van der Waals surface area contributed by atoms with Crippen LogP contribution in [0.15, 0.2) is 0 Å². The van der Waals surface area contributed by atoms with E-state index < -0.39 is 0 Å². The summed E-state index contributed by atoms with van der Waals surface area (Å²) in [6, 6.07) is 0.274. The van der Waals surface area contributed by atoms with Crippen LogP contribution in [-0.2, 0) is 9.53 Å². The molecule has 5 heteroatoms. The van der Waals surface area contributed by atoms with Gasteiger partial charge in [-0.3, -0.25) is 9.69 Å². The summed E-state index contributed by atoms with van der Waals surface area (Å²) < 4.78 is 6.00.